The first-order chi connectivity index (χ1) is 5.83. The molecular formula is C8H9N3O. The van der Waals surface area contributed by atoms with Crippen LogP contribution in [0.2, 0.25) is 0 Å². The summed E-state index contributed by atoms with van der Waals surface area (Å²) in [5.41, 5.74) is 5.40. The summed E-state index contributed by atoms with van der Waals surface area (Å²) in [4.78, 5) is 7.65. The lowest BCUT2D eigenvalue weighted by atomic mass is 10.6. The molecule has 2 N–H and O–H groups in total. The second-order valence-electron chi connectivity index (χ2n) is 1.98. The molecule has 0 aliphatic rings. The van der Waals surface area contributed by atoms with Crippen LogP contribution in [-0.4, -0.2) is 16.6 Å². The highest BCUT2D eigenvalue weighted by atomic mass is 16.5. The number of anilines is 1. The minimum Gasteiger partial charge on any atom is -0.450 e. The number of hydrogen-bond donors (Lipinski definition) is 1. The van der Waals surface area contributed by atoms with Crippen LogP contribution in [0.3, 0.4) is 0 Å². The Balaban J connectivity index is 2.55. The van der Waals surface area contributed by atoms with Crippen LogP contribution in [0, 0.1) is 11.8 Å². The lowest BCUT2D eigenvalue weighted by molar-refractivity contribution is 0.340. The lowest BCUT2D eigenvalue weighted by Crippen LogP contribution is -2.00. The average Bonchev–Trinajstić information content (AvgIpc) is 2.05. The molecule has 12 heavy (non-hydrogen) atoms. The van der Waals surface area contributed by atoms with Crippen molar-refractivity contribution in [2.75, 3.05) is 12.3 Å². The third-order valence-electron chi connectivity index (χ3n) is 1.11. The average molecular weight is 163 g/mol. The van der Waals surface area contributed by atoms with E-state index in [-0.39, 0.29) is 6.01 Å². The van der Waals surface area contributed by atoms with Gasteiger partial charge in [-0.15, -0.1) is 5.92 Å². The summed E-state index contributed by atoms with van der Waals surface area (Å²) in [6.07, 6.45) is 1.54. The SMILES string of the molecule is CC#CCOc1nccc(N)n1. The molecule has 1 aromatic heterocycles. The van der Waals surface area contributed by atoms with E-state index in [1.165, 1.54) is 6.20 Å². The molecule has 4 heteroatoms. The molecule has 0 fully saturated rings. The summed E-state index contributed by atoms with van der Waals surface area (Å²) in [7, 11) is 0. The molecule has 0 saturated heterocycles. The van der Waals surface area contributed by atoms with Gasteiger partial charge in [0.1, 0.15) is 5.82 Å². The van der Waals surface area contributed by atoms with Crippen LogP contribution in [0.5, 0.6) is 6.01 Å². The van der Waals surface area contributed by atoms with Crippen LogP contribution in [0.25, 0.3) is 0 Å². The second kappa shape index (κ2) is 4.19. The van der Waals surface area contributed by atoms with Gasteiger partial charge in [-0.1, -0.05) is 5.92 Å². The molecular weight excluding hydrogens is 154 g/mol. The molecule has 0 saturated carbocycles. The number of aromatic nitrogens is 2. The Morgan fingerprint density at radius 1 is 1.67 bits per heavy atom. The van der Waals surface area contributed by atoms with Crippen molar-refractivity contribution >= 4 is 5.82 Å². The van der Waals surface area contributed by atoms with Gasteiger partial charge >= 0.3 is 6.01 Å². The molecule has 0 aliphatic carbocycles. The second-order valence-corrected chi connectivity index (χ2v) is 1.98. The largest absolute Gasteiger partial charge is 0.450 e. The predicted molar refractivity (Wildman–Crippen MR) is 45.4 cm³/mol. The number of nitrogens with zero attached hydrogens (tertiary/aromatic N) is 2. The first-order valence-electron chi connectivity index (χ1n) is 3.44. The Bertz CT molecular complexity index is 314. The van der Waals surface area contributed by atoms with Gasteiger partial charge in [0, 0.05) is 6.20 Å². The number of ether oxygens (including phenoxy) is 1. The van der Waals surface area contributed by atoms with Crippen molar-refractivity contribution in [3.05, 3.63) is 12.3 Å². The van der Waals surface area contributed by atoms with E-state index in [9.17, 15) is 0 Å². The molecule has 0 aromatic carbocycles. The van der Waals surface area contributed by atoms with Crippen molar-refractivity contribution in [1.82, 2.24) is 9.97 Å². The molecule has 4 nitrogen and oxygen atoms in total. The summed E-state index contributed by atoms with van der Waals surface area (Å²) in [6.45, 7) is 2.03. The zero-order valence-electron chi connectivity index (χ0n) is 6.74. The van der Waals surface area contributed by atoms with E-state index >= 15 is 0 Å². The molecule has 1 heterocycles. The molecule has 0 aliphatic heterocycles. The number of nitrogen functional groups attached to an aromatic ring is 1. The van der Waals surface area contributed by atoms with Gasteiger partial charge in [-0.05, 0) is 13.0 Å². The zero-order valence-corrected chi connectivity index (χ0v) is 6.74. The highest BCUT2D eigenvalue weighted by Crippen LogP contribution is 2.02. The molecule has 1 rings (SSSR count). The molecule has 0 unspecified atom stereocenters. The summed E-state index contributed by atoms with van der Waals surface area (Å²) in [6, 6.07) is 1.86. The highest BCUT2D eigenvalue weighted by Gasteiger charge is 1.94. The minimum absolute atomic E-state index is 0.262. The van der Waals surface area contributed by atoms with Crippen LogP contribution in [0.1, 0.15) is 6.92 Å². The maximum Gasteiger partial charge on any atom is 0.319 e. The van der Waals surface area contributed by atoms with E-state index in [0.717, 1.165) is 0 Å². The van der Waals surface area contributed by atoms with Gasteiger partial charge < -0.3 is 10.5 Å². The van der Waals surface area contributed by atoms with Gasteiger partial charge in [-0.3, -0.25) is 0 Å². The van der Waals surface area contributed by atoms with E-state index in [2.05, 4.69) is 21.8 Å². The topological polar surface area (TPSA) is 61.0 Å². The fourth-order valence-corrected chi connectivity index (χ4v) is 0.596. The Morgan fingerprint density at radius 2 is 2.50 bits per heavy atom. The van der Waals surface area contributed by atoms with Crippen LogP contribution in [0.4, 0.5) is 5.82 Å². The molecule has 0 bridgehead atoms. The summed E-state index contributed by atoms with van der Waals surface area (Å²) < 4.78 is 5.05. The van der Waals surface area contributed by atoms with Gasteiger partial charge in [-0.2, -0.15) is 4.98 Å². The molecule has 0 amide bonds. The number of rotatable bonds is 2. The van der Waals surface area contributed by atoms with Gasteiger partial charge in [0.05, 0.1) is 0 Å². The molecule has 0 atom stereocenters. The van der Waals surface area contributed by atoms with Crippen molar-refractivity contribution in [2.45, 2.75) is 6.92 Å². The minimum atomic E-state index is 0.262. The molecule has 62 valence electrons. The Kier molecular flexibility index (Phi) is 2.91. The maximum absolute atomic E-state index is 5.40. The highest BCUT2D eigenvalue weighted by molar-refractivity contribution is 5.26. The molecule has 0 spiro atoms. The van der Waals surface area contributed by atoms with E-state index < -0.39 is 0 Å². The van der Waals surface area contributed by atoms with Gasteiger partial charge in [0.2, 0.25) is 0 Å². The van der Waals surface area contributed by atoms with Crippen molar-refractivity contribution < 1.29 is 4.74 Å². The summed E-state index contributed by atoms with van der Waals surface area (Å²) in [5, 5.41) is 0. The quantitative estimate of drug-likeness (QED) is 0.643. The normalized spacial score (nSPS) is 8.42. The molecule has 0 radical (unpaired) electrons. The van der Waals surface area contributed by atoms with Crippen LogP contribution >= 0.6 is 0 Å². The first kappa shape index (κ1) is 8.34. The van der Waals surface area contributed by atoms with Crippen molar-refractivity contribution in [2.24, 2.45) is 0 Å². The lowest BCUT2D eigenvalue weighted by Gasteiger charge is -1.98. The zero-order chi connectivity index (χ0) is 8.81. The monoisotopic (exact) mass is 163 g/mol. The van der Waals surface area contributed by atoms with E-state index in [4.69, 9.17) is 10.5 Å². The number of hydrogen-bond acceptors (Lipinski definition) is 4. The van der Waals surface area contributed by atoms with Crippen molar-refractivity contribution in [3.8, 4) is 17.9 Å². The standard InChI is InChI=1S/C8H9N3O/c1-2-3-6-12-8-10-5-4-7(9)11-8/h4-5H,6H2,1H3,(H2,9,10,11). The Morgan fingerprint density at radius 3 is 3.17 bits per heavy atom. The van der Waals surface area contributed by atoms with Gasteiger partial charge in [0.25, 0.3) is 0 Å². The van der Waals surface area contributed by atoms with Crippen LogP contribution in [-0.2, 0) is 0 Å². The smallest absolute Gasteiger partial charge is 0.319 e. The van der Waals surface area contributed by atoms with E-state index in [1.54, 1.807) is 13.0 Å². The summed E-state index contributed by atoms with van der Waals surface area (Å²) in [5.74, 6) is 5.81. The van der Waals surface area contributed by atoms with E-state index in [1.807, 2.05) is 0 Å². The third kappa shape index (κ3) is 2.46. The van der Waals surface area contributed by atoms with Crippen molar-refractivity contribution in [1.29, 1.82) is 0 Å². The predicted octanol–water partition coefficient (Wildman–Crippen LogP) is 0.461. The fourth-order valence-electron chi connectivity index (χ4n) is 0.596. The third-order valence-corrected chi connectivity index (χ3v) is 1.11. The van der Waals surface area contributed by atoms with Crippen molar-refractivity contribution in [3.63, 3.8) is 0 Å². The number of nitrogens with two attached hydrogens (primary N) is 1. The summed E-state index contributed by atoms with van der Waals surface area (Å²) >= 11 is 0. The van der Waals surface area contributed by atoms with Crippen LogP contribution < -0.4 is 10.5 Å². The Labute approximate surface area is 70.8 Å². The van der Waals surface area contributed by atoms with Gasteiger partial charge in [0.15, 0.2) is 6.61 Å². The Hall–Kier alpha value is -1.76. The van der Waals surface area contributed by atoms with E-state index in [0.29, 0.717) is 12.4 Å². The first-order valence-corrected chi connectivity index (χ1v) is 3.44. The van der Waals surface area contributed by atoms with Gasteiger partial charge in [-0.25, -0.2) is 4.98 Å². The van der Waals surface area contributed by atoms with Crippen LogP contribution in [0.15, 0.2) is 12.3 Å². The maximum atomic E-state index is 5.40. The fraction of sp³-hybridized carbons (Fsp3) is 0.250. The molecule has 1 aromatic rings.